The van der Waals surface area contributed by atoms with Gasteiger partial charge in [0.05, 0.1) is 5.56 Å². The highest BCUT2D eigenvalue weighted by molar-refractivity contribution is 5.98. The fourth-order valence-corrected chi connectivity index (χ4v) is 2.08. The predicted octanol–water partition coefficient (Wildman–Crippen LogP) is 3.77. The summed E-state index contributed by atoms with van der Waals surface area (Å²) in [5.41, 5.74) is 1.35. The lowest BCUT2D eigenvalue weighted by Crippen LogP contribution is -2.30. The molecule has 0 fully saturated rings. The standard InChI is InChI=1S/C18H17F2NO3/c1-10-7-8-11(2)13(9-10)18(23)24-12(3)17(22)21-16-14(19)5-4-6-15(16)20/h4-9,12H,1-3H3,(H,21,22). The minimum Gasteiger partial charge on any atom is -0.449 e. The van der Waals surface area contributed by atoms with Crippen LogP contribution in [0.2, 0.25) is 0 Å². The molecule has 1 unspecified atom stereocenters. The average molecular weight is 333 g/mol. The van der Waals surface area contributed by atoms with Gasteiger partial charge in [-0.25, -0.2) is 13.6 Å². The van der Waals surface area contributed by atoms with E-state index in [1.807, 2.05) is 13.0 Å². The molecule has 1 atom stereocenters. The van der Waals surface area contributed by atoms with Gasteiger partial charge < -0.3 is 10.1 Å². The lowest BCUT2D eigenvalue weighted by atomic mass is 10.1. The van der Waals surface area contributed by atoms with Gasteiger partial charge >= 0.3 is 5.97 Å². The second-order valence-corrected chi connectivity index (χ2v) is 5.45. The number of halogens is 2. The molecule has 0 aliphatic heterocycles. The van der Waals surface area contributed by atoms with Crippen LogP contribution < -0.4 is 5.32 Å². The molecule has 1 N–H and O–H groups in total. The van der Waals surface area contributed by atoms with Gasteiger partial charge in [-0.05, 0) is 44.5 Å². The van der Waals surface area contributed by atoms with Crippen molar-refractivity contribution in [3.05, 3.63) is 64.7 Å². The van der Waals surface area contributed by atoms with Crippen LogP contribution in [0.4, 0.5) is 14.5 Å². The highest BCUT2D eigenvalue weighted by Crippen LogP contribution is 2.19. The molecule has 1 amide bonds. The van der Waals surface area contributed by atoms with Crippen LogP contribution >= 0.6 is 0 Å². The Bertz CT molecular complexity index is 770. The van der Waals surface area contributed by atoms with E-state index in [0.29, 0.717) is 11.1 Å². The van der Waals surface area contributed by atoms with Crippen molar-refractivity contribution in [1.29, 1.82) is 0 Å². The summed E-state index contributed by atoms with van der Waals surface area (Å²) >= 11 is 0. The molecule has 126 valence electrons. The number of rotatable bonds is 4. The molecule has 0 saturated heterocycles. The van der Waals surface area contributed by atoms with Crippen LogP contribution in [-0.4, -0.2) is 18.0 Å². The van der Waals surface area contributed by atoms with Crippen molar-refractivity contribution in [2.75, 3.05) is 5.32 Å². The third-order valence-corrected chi connectivity index (χ3v) is 3.48. The first-order valence-corrected chi connectivity index (χ1v) is 7.32. The lowest BCUT2D eigenvalue weighted by Gasteiger charge is -2.15. The molecule has 24 heavy (non-hydrogen) atoms. The lowest BCUT2D eigenvalue weighted by molar-refractivity contribution is -0.123. The number of nitrogens with one attached hydrogen (secondary N) is 1. The van der Waals surface area contributed by atoms with Crippen LogP contribution in [0.25, 0.3) is 0 Å². The Morgan fingerprint density at radius 1 is 1.08 bits per heavy atom. The molecular weight excluding hydrogens is 316 g/mol. The molecule has 6 heteroatoms. The minimum absolute atomic E-state index is 0.340. The Morgan fingerprint density at radius 2 is 1.71 bits per heavy atom. The molecule has 0 aliphatic rings. The molecule has 2 aromatic carbocycles. The van der Waals surface area contributed by atoms with Crippen molar-refractivity contribution in [2.24, 2.45) is 0 Å². The van der Waals surface area contributed by atoms with E-state index >= 15 is 0 Å². The number of carbonyl (C=O) groups is 2. The van der Waals surface area contributed by atoms with Crippen LogP contribution in [0, 0.1) is 25.5 Å². The van der Waals surface area contributed by atoms with Gasteiger partial charge in [-0.1, -0.05) is 23.8 Å². The summed E-state index contributed by atoms with van der Waals surface area (Å²) in [6, 6.07) is 8.49. The van der Waals surface area contributed by atoms with Crippen LogP contribution in [0.1, 0.15) is 28.4 Å². The molecule has 0 bridgehead atoms. The molecule has 2 aromatic rings. The van der Waals surface area contributed by atoms with Gasteiger partial charge in [-0.2, -0.15) is 0 Å². The average Bonchev–Trinajstić information content (AvgIpc) is 2.53. The Hall–Kier alpha value is -2.76. The zero-order valence-corrected chi connectivity index (χ0v) is 13.5. The summed E-state index contributed by atoms with van der Waals surface area (Å²) in [4.78, 5) is 24.2. The summed E-state index contributed by atoms with van der Waals surface area (Å²) in [6.45, 7) is 4.90. The van der Waals surface area contributed by atoms with Crippen LogP contribution in [0.3, 0.4) is 0 Å². The highest BCUT2D eigenvalue weighted by Gasteiger charge is 2.22. The number of carbonyl (C=O) groups excluding carboxylic acids is 2. The maximum Gasteiger partial charge on any atom is 0.339 e. The molecule has 4 nitrogen and oxygen atoms in total. The summed E-state index contributed by atoms with van der Waals surface area (Å²) in [7, 11) is 0. The minimum atomic E-state index is -1.21. The predicted molar refractivity (Wildman–Crippen MR) is 85.8 cm³/mol. The van der Waals surface area contributed by atoms with Crippen molar-refractivity contribution >= 4 is 17.6 Å². The van der Waals surface area contributed by atoms with E-state index < -0.39 is 35.3 Å². The molecule has 0 saturated carbocycles. The van der Waals surface area contributed by atoms with E-state index in [4.69, 9.17) is 4.74 Å². The van der Waals surface area contributed by atoms with Crippen molar-refractivity contribution in [2.45, 2.75) is 26.9 Å². The van der Waals surface area contributed by atoms with Crippen molar-refractivity contribution in [1.82, 2.24) is 0 Å². The highest BCUT2D eigenvalue weighted by atomic mass is 19.1. The zero-order chi connectivity index (χ0) is 17.9. The number of aryl methyl sites for hydroxylation is 2. The zero-order valence-electron chi connectivity index (χ0n) is 13.5. The Morgan fingerprint density at radius 3 is 2.33 bits per heavy atom. The number of amides is 1. The molecule has 0 aromatic heterocycles. The molecule has 0 spiro atoms. The third-order valence-electron chi connectivity index (χ3n) is 3.48. The van der Waals surface area contributed by atoms with Crippen LogP contribution in [0.5, 0.6) is 0 Å². The summed E-state index contributed by atoms with van der Waals surface area (Å²) < 4.78 is 32.2. The van der Waals surface area contributed by atoms with E-state index in [0.717, 1.165) is 17.7 Å². The number of hydrogen-bond donors (Lipinski definition) is 1. The van der Waals surface area contributed by atoms with E-state index in [9.17, 15) is 18.4 Å². The van der Waals surface area contributed by atoms with Gasteiger partial charge in [0.25, 0.3) is 5.91 Å². The second kappa shape index (κ2) is 7.21. The van der Waals surface area contributed by atoms with E-state index in [2.05, 4.69) is 5.32 Å². The van der Waals surface area contributed by atoms with Gasteiger partial charge in [-0.15, -0.1) is 0 Å². The number of esters is 1. The topological polar surface area (TPSA) is 55.4 Å². The van der Waals surface area contributed by atoms with Gasteiger partial charge in [0.15, 0.2) is 6.10 Å². The SMILES string of the molecule is Cc1ccc(C)c(C(=O)OC(C)C(=O)Nc2c(F)cccc2F)c1. The monoisotopic (exact) mass is 333 g/mol. The van der Waals surface area contributed by atoms with Gasteiger partial charge in [0.2, 0.25) is 0 Å². The first-order chi connectivity index (χ1) is 11.3. The number of anilines is 1. The van der Waals surface area contributed by atoms with Gasteiger partial charge in [0, 0.05) is 0 Å². The summed E-state index contributed by atoms with van der Waals surface area (Å²) in [5.74, 6) is -3.31. The maximum absolute atomic E-state index is 13.5. The van der Waals surface area contributed by atoms with E-state index in [-0.39, 0.29) is 0 Å². The fraction of sp³-hybridized carbons (Fsp3) is 0.222. The fourth-order valence-electron chi connectivity index (χ4n) is 2.08. The van der Waals surface area contributed by atoms with E-state index in [1.165, 1.54) is 13.0 Å². The van der Waals surface area contributed by atoms with Gasteiger partial charge in [0.1, 0.15) is 17.3 Å². The molecular formula is C18H17F2NO3. The first-order valence-electron chi connectivity index (χ1n) is 7.32. The van der Waals surface area contributed by atoms with Crippen LogP contribution in [0.15, 0.2) is 36.4 Å². The van der Waals surface area contributed by atoms with Crippen molar-refractivity contribution in [3.63, 3.8) is 0 Å². The van der Waals surface area contributed by atoms with Crippen molar-refractivity contribution < 1.29 is 23.1 Å². The Labute approximate surface area is 138 Å². The normalized spacial score (nSPS) is 11.7. The molecule has 2 rings (SSSR count). The molecule has 0 radical (unpaired) electrons. The van der Waals surface area contributed by atoms with E-state index in [1.54, 1.807) is 19.1 Å². The number of benzene rings is 2. The number of para-hydroxylation sites is 1. The Kier molecular flexibility index (Phi) is 5.28. The smallest absolute Gasteiger partial charge is 0.339 e. The van der Waals surface area contributed by atoms with Gasteiger partial charge in [-0.3, -0.25) is 4.79 Å². The first kappa shape index (κ1) is 17.6. The molecule has 0 aliphatic carbocycles. The summed E-state index contributed by atoms with van der Waals surface area (Å²) in [6.07, 6.45) is -1.21. The largest absolute Gasteiger partial charge is 0.449 e. The molecule has 0 heterocycles. The summed E-state index contributed by atoms with van der Waals surface area (Å²) in [5, 5.41) is 2.09. The number of hydrogen-bond acceptors (Lipinski definition) is 3. The Balaban J connectivity index is 2.09. The van der Waals surface area contributed by atoms with Crippen molar-refractivity contribution in [3.8, 4) is 0 Å². The van der Waals surface area contributed by atoms with Crippen LogP contribution in [-0.2, 0) is 9.53 Å². The second-order valence-electron chi connectivity index (χ2n) is 5.45. The quantitative estimate of drug-likeness (QED) is 0.867. The maximum atomic E-state index is 13.5. The third kappa shape index (κ3) is 3.95. The number of ether oxygens (including phenoxy) is 1.